The van der Waals surface area contributed by atoms with E-state index < -0.39 is 6.10 Å². The summed E-state index contributed by atoms with van der Waals surface area (Å²) in [5.74, 6) is 0.0660. The van der Waals surface area contributed by atoms with Crippen LogP contribution in [0.5, 0.6) is 0 Å². The summed E-state index contributed by atoms with van der Waals surface area (Å²) in [6, 6.07) is 3.84. The molecule has 0 saturated carbocycles. The Kier molecular flexibility index (Phi) is 2.48. The maximum absolute atomic E-state index is 11.3. The number of aromatic nitrogens is 3. The van der Waals surface area contributed by atoms with Gasteiger partial charge in [-0.1, -0.05) is 12.1 Å². The third-order valence-corrected chi connectivity index (χ3v) is 3.32. The number of H-pyrrole nitrogens is 1. The lowest BCUT2D eigenvalue weighted by Gasteiger charge is -2.20. The van der Waals surface area contributed by atoms with E-state index in [4.69, 9.17) is 0 Å². The van der Waals surface area contributed by atoms with Crippen molar-refractivity contribution >= 4 is 22.4 Å². The Balaban J connectivity index is 2.22. The van der Waals surface area contributed by atoms with E-state index in [1.807, 2.05) is 19.1 Å². The summed E-state index contributed by atoms with van der Waals surface area (Å²) in [5, 5.41) is 20.8. The number of carbonyl (C=O) groups excluding carboxylic acids is 1. The largest absolute Gasteiger partial charge is 0.388 e. The van der Waals surface area contributed by atoms with Gasteiger partial charge in [-0.2, -0.15) is 15.4 Å². The molecule has 1 aromatic carbocycles. The molecule has 1 aliphatic carbocycles. The number of nitrogens with one attached hydrogen (secondary N) is 1. The summed E-state index contributed by atoms with van der Waals surface area (Å²) in [6.07, 6.45) is 1.61. The van der Waals surface area contributed by atoms with E-state index >= 15 is 0 Å². The summed E-state index contributed by atoms with van der Waals surface area (Å²) in [6.45, 7) is 1.97. The fourth-order valence-electron chi connectivity index (χ4n) is 2.42. The highest BCUT2D eigenvalue weighted by Crippen LogP contribution is 2.32. The van der Waals surface area contributed by atoms with E-state index in [2.05, 4.69) is 15.4 Å². The first-order valence-electron chi connectivity index (χ1n) is 5.87. The van der Waals surface area contributed by atoms with Crippen molar-refractivity contribution in [3.05, 3.63) is 29.3 Å². The molecule has 92 valence electrons. The number of Topliss-reactive ketones (excluding diaryl/α,β-unsaturated/α-hetero) is 1. The number of aromatic amines is 1. The summed E-state index contributed by atoms with van der Waals surface area (Å²) in [5.41, 5.74) is 4.21. The Morgan fingerprint density at radius 2 is 2.22 bits per heavy atom. The minimum Gasteiger partial charge on any atom is -0.388 e. The van der Waals surface area contributed by atoms with E-state index in [9.17, 15) is 9.90 Å². The second-order valence-corrected chi connectivity index (χ2v) is 4.57. The number of carbonyl (C=O) groups is 1. The number of rotatable bonds is 1. The molecule has 3 rings (SSSR count). The highest BCUT2D eigenvalue weighted by Gasteiger charge is 2.24. The van der Waals surface area contributed by atoms with Gasteiger partial charge in [0.15, 0.2) is 0 Å². The van der Waals surface area contributed by atoms with Crippen molar-refractivity contribution in [3.8, 4) is 0 Å². The SMILES string of the molecule is Cc1ccc2n[nH]nc2c1C1=CCC(=O)CC1O. The molecule has 0 amide bonds. The van der Waals surface area contributed by atoms with Crippen LogP contribution in [0, 0.1) is 6.92 Å². The second-order valence-electron chi connectivity index (χ2n) is 4.57. The molecule has 18 heavy (non-hydrogen) atoms. The molecule has 0 fully saturated rings. The van der Waals surface area contributed by atoms with Crippen LogP contribution in [0.15, 0.2) is 18.2 Å². The predicted molar refractivity (Wildman–Crippen MR) is 66.9 cm³/mol. The number of ketones is 1. The number of hydrogen-bond donors (Lipinski definition) is 2. The number of fused-ring (bicyclic) bond motifs is 1. The molecule has 2 aromatic rings. The number of nitrogens with zero attached hydrogens (tertiary/aromatic N) is 2. The van der Waals surface area contributed by atoms with Gasteiger partial charge in [-0.15, -0.1) is 0 Å². The Labute approximate surface area is 104 Å². The van der Waals surface area contributed by atoms with Crippen molar-refractivity contribution < 1.29 is 9.90 Å². The van der Waals surface area contributed by atoms with E-state index in [-0.39, 0.29) is 12.2 Å². The summed E-state index contributed by atoms with van der Waals surface area (Å²) >= 11 is 0. The molecular formula is C13H13N3O2. The zero-order valence-electron chi connectivity index (χ0n) is 9.97. The van der Waals surface area contributed by atoms with Gasteiger partial charge in [-0.05, 0) is 24.1 Å². The standard InChI is InChI=1S/C13H13N3O2/c1-7-2-5-10-13(15-16-14-10)12(7)9-4-3-8(17)6-11(9)18/h2,4-5,11,18H,3,6H2,1H3,(H,14,15,16). The van der Waals surface area contributed by atoms with Crippen molar-refractivity contribution in [2.24, 2.45) is 0 Å². The number of allylic oxidation sites excluding steroid dienone is 1. The summed E-state index contributed by atoms with van der Waals surface area (Å²) < 4.78 is 0. The van der Waals surface area contributed by atoms with Gasteiger partial charge in [-0.3, -0.25) is 4.79 Å². The maximum atomic E-state index is 11.3. The van der Waals surface area contributed by atoms with Crippen molar-refractivity contribution in [1.82, 2.24) is 15.4 Å². The average Bonchev–Trinajstić information content (AvgIpc) is 2.79. The molecule has 5 nitrogen and oxygen atoms in total. The first kappa shape index (κ1) is 11.1. The summed E-state index contributed by atoms with van der Waals surface area (Å²) in [4.78, 5) is 11.3. The molecule has 1 aromatic heterocycles. The molecule has 0 aliphatic heterocycles. The van der Waals surface area contributed by atoms with Crippen molar-refractivity contribution in [2.45, 2.75) is 25.9 Å². The highest BCUT2D eigenvalue weighted by molar-refractivity contribution is 5.95. The normalized spacial score (nSPS) is 20.2. The van der Waals surface area contributed by atoms with E-state index in [1.54, 1.807) is 6.08 Å². The number of aliphatic hydroxyl groups excluding tert-OH is 1. The third kappa shape index (κ3) is 1.64. The Bertz CT molecular complexity index is 657. The average molecular weight is 243 g/mol. The van der Waals surface area contributed by atoms with E-state index in [0.717, 1.165) is 27.7 Å². The topological polar surface area (TPSA) is 78.9 Å². The molecule has 0 bridgehead atoms. The van der Waals surface area contributed by atoms with Gasteiger partial charge >= 0.3 is 0 Å². The van der Waals surface area contributed by atoms with Crippen molar-refractivity contribution in [2.75, 3.05) is 0 Å². The molecule has 1 atom stereocenters. The molecule has 1 heterocycles. The van der Waals surface area contributed by atoms with Crippen LogP contribution in [-0.4, -0.2) is 32.4 Å². The summed E-state index contributed by atoms with van der Waals surface area (Å²) in [7, 11) is 0. The van der Waals surface area contributed by atoms with E-state index in [1.165, 1.54) is 0 Å². The van der Waals surface area contributed by atoms with Crippen molar-refractivity contribution in [1.29, 1.82) is 0 Å². The fraction of sp³-hybridized carbons (Fsp3) is 0.308. The number of benzene rings is 1. The molecular weight excluding hydrogens is 230 g/mol. The van der Waals surface area contributed by atoms with Crippen LogP contribution in [0.3, 0.4) is 0 Å². The zero-order valence-corrected chi connectivity index (χ0v) is 9.97. The van der Waals surface area contributed by atoms with Gasteiger partial charge in [0.2, 0.25) is 0 Å². The Morgan fingerprint density at radius 1 is 1.39 bits per heavy atom. The highest BCUT2D eigenvalue weighted by atomic mass is 16.3. The molecule has 1 aliphatic rings. The number of hydrogen-bond acceptors (Lipinski definition) is 4. The first-order chi connectivity index (χ1) is 8.66. The van der Waals surface area contributed by atoms with Crippen LogP contribution < -0.4 is 0 Å². The predicted octanol–water partition coefficient (Wildman–Crippen LogP) is 1.37. The van der Waals surface area contributed by atoms with E-state index in [0.29, 0.717) is 6.42 Å². The van der Waals surface area contributed by atoms with Gasteiger partial charge in [0.05, 0.1) is 6.10 Å². The second kappa shape index (κ2) is 4.03. The molecule has 0 spiro atoms. The zero-order chi connectivity index (χ0) is 12.7. The Morgan fingerprint density at radius 3 is 3.00 bits per heavy atom. The van der Waals surface area contributed by atoms with Crippen LogP contribution in [0.2, 0.25) is 0 Å². The third-order valence-electron chi connectivity index (χ3n) is 3.32. The fourth-order valence-corrected chi connectivity index (χ4v) is 2.42. The monoisotopic (exact) mass is 243 g/mol. The number of aryl methyl sites for hydroxylation is 1. The van der Waals surface area contributed by atoms with Gasteiger partial charge in [0, 0.05) is 18.4 Å². The minimum absolute atomic E-state index is 0.0660. The first-order valence-corrected chi connectivity index (χ1v) is 5.87. The lowest BCUT2D eigenvalue weighted by Crippen LogP contribution is -2.20. The Hall–Kier alpha value is -2.01. The van der Waals surface area contributed by atoms with Gasteiger partial charge in [-0.25, -0.2) is 0 Å². The molecule has 5 heteroatoms. The van der Waals surface area contributed by atoms with Crippen LogP contribution in [0.1, 0.15) is 24.0 Å². The number of aliphatic hydroxyl groups is 1. The van der Waals surface area contributed by atoms with Gasteiger partial charge in [0.1, 0.15) is 16.8 Å². The quantitative estimate of drug-likeness (QED) is 0.793. The molecule has 0 radical (unpaired) electrons. The van der Waals surface area contributed by atoms with Crippen LogP contribution in [0.25, 0.3) is 16.6 Å². The molecule has 1 unspecified atom stereocenters. The van der Waals surface area contributed by atoms with Gasteiger partial charge < -0.3 is 5.11 Å². The van der Waals surface area contributed by atoms with Crippen LogP contribution in [0.4, 0.5) is 0 Å². The van der Waals surface area contributed by atoms with Crippen molar-refractivity contribution in [3.63, 3.8) is 0 Å². The molecule has 2 N–H and O–H groups in total. The minimum atomic E-state index is -0.743. The lowest BCUT2D eigenvalue weighted by atomic mass is 9.87. The molecule has 0 saturated heterocycles. The maximum Gasteiger partial charge on any atom is 0.139 e. The smallest absolute Gasteiger partial charge is 0.139 e. The van der Waals surface area contributed by atoms with Crippen LogP contribution >= 0.6 is 0 Å². The van der Waals surface area contributed by atoms with Crippen LogP contribution in [-0.2, 0) is 4.79 Å². The van der Waals surface area contributed by atoms with Gasteiger partial charge in [0.25, 0.3) is 0 Å². The lowest BCUT2D eigenvalue weighted by molar-refractivity contribution is -0.119.